The SMILES string of the molecule is C=CC(C)OCCC(CNc1nnc(-c2cccc(F)c2)s1)OC/C=C\C. The minimum atomic E-state index is -0.289. The number of benzene rings is 1. The Kier molecular flexibility index (Phi) is 9.10. The van der Waals surface area contributed by atoms with Crippen molar-refractivity contribution in [3.8, 4) is 10.6 Å². The molecular formula is C20H26FN3O2S. The first-order valence-corrected chi connectivity index (χ1v) is 9.74. The molecule has 2 unspecified atom stereocenters. The van der Waals surface area contributed by atoms with Crippen LogP contribution in [-0.2, 0) is 9.47 Å². The summed E-state index contributed by atoms with van der Waals surface area (Å²) >= 11 is 1.38. The molecule has 1 aromatic heterocycles. The van der Waals surface area contributed by atoms with Gasteiger partial charge < -0.3 is 14.8 Å². The second-order valence-corrected chi connectivity index (χ2v) is 6.91. The van der Waals surface area contributed by atoms with Gasteiger partial charge in [0, 0.05) is 18.7 Å². The number of nitrogens with one attached hydrogen (secondary N) is 1. The van der Waals surface area contributed by atoms with Crippen LogP contribution in [0.15, 0.2) is 49.1 Å². The third-order valence-corrected chi connectivity index (χ3v) is 4.72. The number of halogens is 1. The van der Waals surface area contributed by atoms with Crippen LogP contribution in [-0.4, -0.2) is 42.2 Å². The topological polar surface area (TPSA) is 56.3 Å². The first-order valence-electron chi connectivity index (χ1n) is 8.92. The highest BCUT2D eigenvalue weighted by Gasteiger charge is 2.12. The number of rotatable bonds is 12. The summed E-state index contributed by atoms with van der Waals surface area (Å²) < 4.78 is 24.9. The molecule has 2 atom stereocenters. The van der Waals surface area contributed by atoms with Crippen LogP contribution >= 0.6 is 11.3 Å². The van der Waals surface area contributed by atoms with E-state index in [2.05, 4.69) is 22.1 Å². The van der Waals surface area contributed by atoms with E-state index in [1.807, 2.05) is 32.1 Å². The van der Waals surface area contributed by atoms with E-state index < -0.39 is 0 Å². The molecule has 1 heterocycles. The molecule has 0 amide bonds. The Bertz CT molecular complexity index is 736. The zero-order chi connectivity index (χ0) is 19.5. The van der Waals surface area contributed by atoms with Gasteiger partial charge in [-0.05, 0) is 32.4 Å². The summed E-state index contributed by atoms with van der Waals surface area (Å²) in [7, 11) is 0. The Labute approximate surface area is 163 Å². The van der Waals surface area contributed by atoms with Gasteiger partial charge in [0.05, 0.1) is 18.8 Å². The lowest BCUT2D eigenvalue weighted by molar-refractivity contribution is 0.0306. The molecule has 0 spiro atoms. The van der Waals surface area contributed by atoms with Crippen LogP contribution in [0.1, 0.15) is 20.3 Å². The molecule has 2 aromatic rings. The Morgan fingerprint density at radius 2 is 2.19 bits per heavy atom. The number of ether oxygens (including phenoxy) is 2. The average molecular weight is 392 g/mol. The van der Waals surface area contributed by atoms with Crippen molar-refractivity contribution in [2.75, 3.05) is 25.1 Å². The fourth-order valence-electron chi connectivity index (χ4n) is 2.22. The largest absolute Gasteiger partial charge is 0.374 e. The number of hydrogen-bond donors (Lipinski definition) is 1. The summed E-state index contributed by atoms with van der Waals surface area (Å²) in [6.07, 6.45) is 6.43. The third-order valence-electron chi connectivity index (χ3n) is 3.79. The number of hydrogen-bond acceptors (Lipinski definition) is 6. The second-order valence-electron chi connectivity index (χ2n) is 5.93. The highest BCUT2D eigenvalue weighted by molar-refractivity contribution is 7.18. The summed E-state index contributed by atoms with van der Waals surface area (Å²) in [4.78, 5) is 0. The van der Waals surface area contributed by atoms with Crippen LogP contribution in [0.4, 0.5) is 9.52 Å². The van der Waals surface area contributed by atoms with Gasteiger partial charge in [-0.15, -0.1) is 16.8 Å². The minimum absolute atomic E-state index is 0.0196. The van der Waals surface area contributed by atoms with E-state index >= 15 is 0 Å². The van der Waals surface area contributed by atoms with Crippen molar-refractivity contribution in [1.29, 1.82) is 0 Å². The number of anilines is 1. The summed E-state index contributed by atoms with van der Waals surface area (Å²) in [5.41, 5.74) is 0.716. The van der Waals surface area contributed by atoms with Crippen molar-refractivity contribution in [3.05, 3.63) is 54.9 Å². The van der Waals surface area contributed by atoms with Crippen LogP contribution in [0.25, 0.3) is 10.6 Å². The number of allylic oxidation sites excluding steroid dienone is 1. The lowest BCUT2D eigenvalue weighted by atomic mass is 10.2. The molecule has 0 bridgehead atoms. The highest BCUT2D eigenvalue weighted by atomic mass is 32.1. The molecule has 0 aliphatic carbocycles. The molecule has 2 rings (SSSR count). The van der Waals surface area contributed by atoms with Gasteiger partial charge in [0.25, 0.3) is 0 Å². The Morgan fingerprint density at radius 3 is 2.93 bits per heavy atom. The van der Waals surface area contributed by atoms with Gasteiger partial charge in [0.1, 0.15) is 10.8 Å². The van der Waals surface area contributed by atoms with E-state index in [0.717, 1.165) is 6.42 Å². The molecule has 1 aromatic carbocycles. The molecule has 0 saturated carbocycles. The van der Waals surface area contributed by atoms with Crippen molar-refractivity contribution in [3.63, 3.8) is 0 Å². The summed E-state index contributed by atoms with van der Waals surface area (Å²) in [6.45, 7) is 9.34. The smallest absolute Gasteiger partial charge is 0.206 e. The zero-order valence-electron chi connectivity index (χ0n) is 15.7. The molecule has 0 fully saturated rings. The zero-order valence-corrected chi connectivity index (χ0v) is 16.5. The summed E-state index contributed by atoms with van der Waals surface area (Å²) in [5, 5.41) is 12.9. The van der Waals surface area contributed by atoms with Gasteiger partial charge >= 0.3 is 0 Å². The van der Waals surface area contributed by atoms with Crippen molar-refractivity contribution in [1.82, 2.24) is 10.2 Å². The fourth-order valence-corrected chi connectivity index (χ4v) is 2.97. The van der Waals surface area contributed by atoms with Gasteiger partial charge in [-0.2, -0.15) is 0 Å². The van der Waals surface area contributed by atoms with Gasteiger partial charge in [-0.1, -0.05) is 41.7 Å². The van der Waals surface area contributed by atoms with Crippen LogP contribution in [0.5, 0.6) is 0 Å². The Morgan fingerprint density at radius 1 is 1.33 bits per heavy atom. The predicted molar refractivity (Wildman–Crippen MR) is 109 cm³/mol. The van der Waals surface area contributed by atoms with Gasteiger partial charge in [-0.25, -0.2) is 4.39 Å². The summed E-state index contributed by atoms with van der Waals surface area (Å²) in [5.74, 6) is -0.289. The molecule has 0 aliphatic rings. The predicted octanol–water partition coefficient (Wildman–Crippen LogP) is 4.70. The van der Waals surface area contributed by atoms with Gasteiger partial charge in [-0.3, -0.25) is 0 Å². The van der Waals surface area contributed by atoms with Gasteiger partial charge in [0.15, 0.2) is 0 Å². The lowest BCUT2D eigenvalue weighted by Crippen LogP contribution is -2.25. The quantitative estimate of drug-likeness (QED) is 0.532. The van der Waals surface area contributed by atoms with Crippen molar-refractivity contribution >= 4 is 16.5 Å². The summed E-state index contributed by atoms with van der Waals surface area (Å²) in [6, 6.07) is 6.33. The molecule has 146 valence electrons. The number of aromatic nitrogens is 2. The lowest BCUT2D eigenvalue weighted by Gasteiger charge is -2.18. The first-order chi connectivity index (χ1) is 13.1. The molecule has 5 nitrogen and oxygen atoms in total. The Hall–Kier alpha value is -2.09. The third kappa shape index (κ3) is 7.58. The molecule has 1 N–H and O–H groups in total. The van der Waals surface area contributed by atoms with Gasteiger partial charge in [0.2, 0.25) is 5.13 Å². The second kappa shape index (κ2) is 11.6. The minimum Gasteiger partial charge on any atom is -0.374 e. The van der Waals surface area contributed by atoms with E-state index in [1.165, 1.54) is 23.5 Å². The maximum Gasteiger partial charge on any atom is 0.206 e. The number of nitrogens with zero attached hydrogens (tertiary/aromatic N) is 2. The Balaban J connectivity index is 1.89. The molecule has 0 radical (unpaired) electrons. The van der Waals surface area contributed by atoms with Crippen LogP contribution in [0.2, 0.25) is 0 Å². The van der Waals surface area contributed by atoms with E-state index in [9.17, 15) is 4.39 Å². The molecule has 0 aliphatic heterocycles. The monoisotopic (exact) mass is 391 g/mol. The van der Waals surface area contributed by atoms with E-state index in [4.69, 9.17) is 9.47 Å². The molecular weight excluding hydrogens is 365 g/mol. The molecule has 27 heavy (non-hydrogen) atoms. The van der Waals surface area contributed by atoms with E-state index in [-0.39, 0.29) is 18.0 Å². The van der Waals surface area contributed by atoms with Crippen molar-refractivity contribution < 1.29 is 13.9 Å². The molecule has 0 saturated heterocycles. The van der Waals surface area contributed by atoms with Crippen LogP contribution in [0.3, 0.4) is 0 Å². The van der Waals surface area contributed by atoms with E-state index in [1.54, 1.807) is 12.1 Å². The van der Waals surface area contributed by atoms with Crippen molar-refractivity contribution in [2.24, 2.45) is 0 Å². The van der Waals surface area contributed by atoms with Crippen LogP contribution in [0, 0.1) is 5.82 Å². The van der Waals surface area contributed by atoms with Crippen molar-refractivity contribution in [2.45, 2.75) is 32.5 Å². The maximum absolute atomic E-state index is 13.4. The maximum atomic E-state index is 13.4. The average Bonchev–Trinajstić information content (AvgIpc) is 3.14. The fraction of sp³-hybridized carbons (Fsp3) is 0.400. The highest BCUT2D eigenvalue weighted by Crippen LogP contribution is 2.26. The standard InChI is InChI=1S/C20H26FN3O2S/c1-4-6-11-26-18(10-12-25-15(3)5-2)14-22-20-24-23-19(27-20)16-8-7-9-17(21)13-16/h4-9,13,15,18H,2,10-12,14H2,1,3H3,(H,22,24)/b6-4-. The first kappa shape index (κ1) is 21.2. The normalized spacial score (nSPS) is 13.6. The van der Waals surface area contributed by atoms with E-state index in [0.29, 0.717) is 35.5 Å². The molecule has 7 heteroatoms. The van der Waals surface area contributed by atoms with Crippen LogP contribution < -0.4 is 5.32 Å².